The largest absolute Gasteiger partial charge is 0.215 e. The van der Waals surface area contributed by atoms with Gasteiger partial charge in [0.15, 0.2) is 0 Å². The fourth-order valence-electron chi connectivity index (χ4n) is 1.78. The Kier molecular flexibility index (Phi) is 7.92. The van der Waals surface area contributed by atoms with Crippen molar-refractivity contribution in [1.29, 1.82) is 0 Å². The average Bonchev–Trinajstić information content (AvgIpc) is 2.11. The number of alkyl halides is 1. The highest BCUT2D eigenvalue weighted by Crippen LogP contribution is 2.16. The Morgan fingerprint density at radius 1 is 1.24 bits per heavy atom. The summed E-state index contributed by atoms with van der Waals surface area (Å²) in [5.41, 5.74) is -0.193. The van der Waals surface area contributed by atoms with E-state index < -0.39 is 10.0 Å². The predicted octanol–water partition coefficient (Wildman–Crippen LogP) is 3.15. The van der Waals surface area contributed by atoms with Crippen molar-refractivity contribution in [1.82, 2.24) is 4.72 Å². The third kappa shape index (κ3) is 10.0. The van der Waals surface area contributed by atoms with Gasteiger partial charge in [0.1, 0.15) is 0 Å². The van der Waals surface area contributed by atoms with Gasteiger partial charge in [-0.3, -0.25) is 0 Å². The van der Waals surface area contributed by atoms with E-state index in [9.17, 15) is 8.42 Å². The second-order valence-electron chi connectivity index (χ2n) is 5.80. The fourth-order valence-corrected chi connectivity index (χ4v) is 4.16. The predicted molar refractivity (Wildman–Crippen MR) is 78.1 cm³/mol. The Balaban J connectivity index is 4.23. The monoisotopic (exact) mass is 327 g/mol. The lowest BCUT2D eigenvalue weighted by Gasteiger charge is -2.20. The van der Waals surface area contributed by atoms with Gasteiger partial charge in [-0.1, -0.05) is 50.0 Å². The lowest BCUT2D eigenvalue weighted by Crippen LogP contribution is -2.35. The first kappa shape index (κ1) is 17.4. The molecule has 1 atom stereocenters. The summed E-state index contributed by atoms with van der Waals surface area (Å²) in [5.74, 6) is 0.627. The zero-order chi connectivity index (χ0) is 13.5. The van der Waals surface area contributed by atoms with E-state index in [4.69, 9.17) is 0 Å². The molecule has 1 N–H and O–H groups in total. The van der Waals surface area contributed by atoms with Crippen LogP contribution in [0.2, 0.25) is 0 Å². The summed E-state index contributed by atoms with van der Waals surface area (Å²) >= 11 is 3.41. The maximum absolute atomic E-state index is 11.8. The van der Waals surface area contributed by atoms with E-state index in [2.05, 4.69) is 27.6 Å². The molecule has 1 unspecified atom stereocenters. The van der Waals surface area contributed by atoms with E-state index >= 15 is 0 Å². The molecule has 0 aromatic rings. The van der Waals surface area contributed by atoms with E-state index in [-0.39, 0.29) is 11.2 Å². The number of hydrogen-bond acceptors (Lipinski definition) is 2. The fraction of sp³-hybridized carbons (Fsp3) is 1.00. The minimum atomic E-state index is -3.14. The van der Waals surface area contributed by atoms with Gasteiger partial charge in [-0.05, 0) is 24.2 Å². The zero-order valence-corrected chi connectivity index (χ0v) is 13.8. The van der Waals surface area contributed by atoms with Gasteiger partial charge in [0.05, 0.1) is 5.75 Å². The van der Waals surface area contributed by atoms with Gasteiger partial charge in [0.25, 0.3) is 0 Å². The molecule has 0 aliphatic carbocycles. The van der Waals surface area contributed by atoms with Crippen molar-refractivity contribution in [3.05, 3.63) is 0 Å². The Morgan fingerprint density at radius 3 is 2.24 bits per heavy atom. The number of hydrogen-bond donors (Lipinski definition) is 1. The first-order valence-corrected chi connectivity index (χ1v) is 9.01. The van der Waals surface area contributed by atoms with Crippen molar-refractivity contribution in [3.63, 3.8) is 0 Å². The highest BCUT2D eigenvalue weighted by atomic mass is 79.9. The quantitative estimate of drug-likeness (QED) is 0.696. The Labute approximate surface area is 115 Å². The summed E-state index contributed by atoms with van der Waals surface area (Å²) in [7, 11) is -3.14. The lowest BCUT2D eigenvalue weighted by molar-refractivity contribution is 0.440. The van der Waals surface area contributed by atoms with Gasteiger partial charge in [0, 0.05) is 11.9 Å². The molecule has 0 aromatic carbocycles. The first-order valence-electron chi connectivity index (χ1n) is 6.23. The van der Waals surface area contributed by atoms with Crippen LogP contribution in [0.4, 0.5) is 0 Å². The molecular formula is C12H26BrNO2S. The van der Waals surface area contributed by atoms with Crippen molar-refractivity contribution in [2.45, 2.75) is 47.0 Å². The molecule has 0 spiro atoms. The van der Waals surface area contributed by atoms with Crippen LogP contribution < -0.4 is 4.72 Å². The van der Waals surface area contributed by atoms with E-state index in [1.807, 2.05) is 20.8 Å². The van der Waals surface area contributed by atoms with Crippen molar-refractivity contribution in [3.8, 4) is 0 Å². The number of rotatable bonds is 8. The maximum atomic E-state index is 11.8. The summed E-state index contributed by atoms with van der Waals surface area (Å²) < 4.78 is 26.4. The van der Waals surface area contributed by atoms with E-state index in [1.165, 1.54) is 0 Å². The van der Waals surface area contributed by atoms with Crippen molar-refractivity contribution in [2.75, 3.05) is 17.6 Å². The van der Waals surface area contributed by atoms with E-state index in [1.54, 1.807) is 0 Å². The molecule has 3 nitrogen and oxygen atoms in total. The normalized spacial score (nSPS) is 14.9. The molecule has 0 aliphatic rings. The molecule has 17 heavy (non-hydrogen) atoms. The third-order valence-corrected chi connectivity index (χ3v) is 4.74. The van der Waals surface area contributed by atoms with Crippen molar-refractivity contribution < 1.29 is 8.42 Å². The highest BCUT2D eigenvalue weighted by molar-refractivity contribution is 9.09. The van der Waals surface area contributed by atoms with Gasteiger partial charge in [0.2, 0.25) is 10.0 Å². The van der Waals surface area contributed by atoms with Crippen LogP contribution >= 0.6 is 15.9 Å². The van der Waals surface area contributed by atoms with Crippen LogP contribution in [0.1, 0.15) is 47.0 Å². The lowest BCUT2D eigenvalue weighted by atomic mass is 10.0. The van der Waals surface area contributed by atoms with Crippen LogP contribution in [0.3, 0.4) is 0 Å². The van der Waals surface area contributed by atoms with Gasteiger partial charge in [-0.2, -0.15) is 0 Å². The number of halogens is 1. The Morgan fingerprint density at radius 2 is 1.82 bits per heavy atom. The molecule has 0 saturated carbocycles. The Hall–Kier alpha value is 0.390. The molecule has 5 heteroatoms. The van der Waals surface area contributed by atoms with Gasteiger partial charge in [-0.25, -0.2) is 13.1 Å². The summed E-state index contributed by atoms with van der Waals surface area (Å²) in [6, 6.07) is 0. The highest BCUT2D eigenvalue weighted by Gasteiger charge is 2.22. The molecule has 0 amide bonds. The molecule has 0 saturated heterocycles. The van der Waals surface area contributed by atoms with Gasteiger partial charge >= 0.3 is 0 Å². The minimum Gasteiger partial charge on any atom is -0.215 e. The van der Waals surface area contributed by atoms with Crippen molar-refractivity contribution >= 4 is 26.0 Å². The van der Waals surface area contributed by atoms with Crippen molar-refractivity contribution in [2.24, 2.45) is 11.3 Å². The summed E-state index contributed by atoms with van der Waals surface area (Å²) in [5, 5.41) is 0.929. The van der Waals surface area contributed by atoms with Crippen LogP contribution in [-0.2, 0) is 10.0 Å². The molecule has 104 valence electrons. The summed E-state index contributed by atoms with van der Waals surface area (Å²) in [4.78, 5) is 0. The Bertz CT molecular complexity index is 290. The molecule has 0 rings (SSSR count). The summed E-state index contributed by atoms with van der Waals surface area (Å²) in [6.07, 6.45) is 3.19. The molecule has 0 aromatic heterocycles. The molecule has 0 bridgehead atoms. The van der Waals surface area contributed by atoms with Crippen LogP contribution in [0.5, 0.6) is 0 Å². The second-order valence-corrected chi connectivity index (χ2v) is 8.40. The smallest absolute Gasteiger partial charge is 0.212 e. The van der Waals surface area contributed by atoms with Crippen LogP contribution in [0.15, 0.2) is 0 Å². The SMILES string of the molecule is CCCC(CCBr)CNS(=O)(=O)CC(C)(C)C. The van der Waals surface area contributed by atoms with E-state index in [0.29, 0.717) is 12.5 Å². The second kappa shape index (κ2) is 7.74. The average molecular weight is 328 g/mol. The zero-order valence-electron chi connectivity index (χ0n) is 11.4. The standard InChI is InChI=1S/C12H26BrNO2S/c1-5-6-11(7-8-13)9-14-17(15,16)10-12(2,3)4/h11,14H,5-10H2,1-4H3. The number of nitrogens with one attached hydrogen (secondary N) is 1. The maximum Gasteiger partial charge on any atom is 0.212 e. The van der Waals surface area contributed by atoms with Gasteiger partial charge < -0.3 is 0 Å². The number of sulfonamides is 1. The minimum absolute atomic E-state index is 0.188. The topological polar surface area (TPSA) is 46.2 Å². The van der Waals surface area contributed by atoms with Crippen LogP contribution in [0.25, 0.3) is 0 Å². The summed E-state index contributed by atoms with van der Waals surface area (Å²) in [6.45, 7) is 8.51. The molecule has 0 aliphatic heterocycles. The third-order valence-electron chi connectivity index (χ3n) is 2.43. The molecular weight excluding hydrogens is 302 g/mol. The van der Waals surface area contributed by atoms with Crippen LogP contribution in [0, 0.1) is 11.3 Å². The molecule has 0 fully saturated rings. The van der Waals surface area contributed by atoms with Crippen LogP contribution in [-0.4, -0.2) is 26.0 Å². The van der Waals surface area contributed by atoms with Gasteiger partial charge in [-0.15, -0.1) is 0 Å². The van der Waals surface area contributed by atoms with E-state index in [0.717, 1.165) is 24.6 Å². The first-order chi connectivity index (χ1) is 7.70. The molecule has 0 radical (unpaired) electrons. The molecule has 0 heterocycles.